The predicted octanol–water partition coefficient (Wildman–Crippen LogP) is 5.58. The van der Waals surface area contributed by atoms with Crippen LogP contribution >= 0.6 is 0 Å². The SMILES string of the molecule is O=C(NC1c2ccccc2-c2c(C3=Nc4ccccc4OC3)cccc21)c1ccnc2[nH]ccc12. The van der Waals surface area contributed by atoms with Crippen molar-refractivity contribution in [2.75, 3.05) is 6.61 Å². The molecule has 1 unspecified atom stereocenters. The summed E-state index contributed by atoms with van der Waals surface area (Å²) in [5.41, 5.74) is 8.35. The van der Waals surface area contributed by atoms with Crippen molar-refractivity contribution in [3.05, 3.63) is 114 Å². The molecule has 3 aromatic carbocycles. The van der Waals surface area contributed by atoms with Crippen molar-refractivity contribution in [3.8, 4) is 16.9 Å². The maximum absolute atomic E-state index is 13.5. The van der Waals surface area contributed by atoms with Gasteiger partial charge in [-0.1, -0.05) is 54.6 Å². The van der Waals surface area contributed by atoms with Crippen LogP contribution in [-0.2, 0) is 0 Å². The summed E-state index contributed by atoms with van der Waals surface area (Å²) in [5, 5.41) is 4.09. The number of pyridine rings is 1. The van der Waals surface area contributed by atoms with Gasteiger partial charge < -0.3 is 15.0 Å². The van der Waals surface area contributed by atoms with Crippen LogP contribution in [0.15, 0.2) is 96.2 Å². The number of fused-ring (bicyclic) bond motifs is 5. The lowest BCUT2D eigenvalue weighted by atomic mass is 9.95. The van der Waals surface area contributed by atoms with Gasteiger partial charge in [-0.2, -0.15) is 0 Å². The minimum absolute atomic E-state index is 0.137. The van der Waals surface area contributed by atoms with E-state index in [1.165, 1.54) is 0 Å². The Kier molecular flexibility index (Phi) is 4.32. The molecule has 0 saturated heterocycles. The molecule has 1 atom stereocenters. The van der Waals surface area contributed by atoms with Crippen molar-refractivity contribution in [2.45, 2.75) is 6.04 Å². The van der Waals surface area contributed by atoms with Crippen LogP contribution in [0, 0.1) is 0 Å². The molecule has 0 bridgehead atoms. The van der Waals surface area contributed by atoms with Gasteiger partial charge in [0.2, 0.25) is 0 Å². The quantitative estimate of drug-likeness (QED) is 0.372. The second-order valence-corrected chi connectivity index (χ2v) is 8.68. The van der Waals surface area contributed by atoms with Crippen molar-refractivity contribution in [3.63, 3.8) is 0 Å². The Morgan fingerprint density at radius 2 is 1.74 bits per heavy atom. The van der Waals surface area contributed by atoms with Crippen LogP contribution in [0.3, 0.4) is 0 Å². The second kappa shape index (κ2) is 7.67. The molecule has 2 N–H and O–H groups in total. The average molecular weight is 457 g/mol. The molecular weight excluding hydrogens is 436 g/mol. The van der Waals surface area contributed by atoms with Crippen molar-refractivity contribution in [1.82, 2.24) is 15.3 Å². The smallest absolute Gasteiger partial charge is 0.252 e. The van der Waals surface area contributed by atoms with Crippen LogP contribution in [0.2, 0.25) is 0 Å². The van der Waals surface area contributed by atoms with Gasteiger partial charge in [-0.3, -0.25) is 4.79 Å². The summed E-state index contributed by atoms with van der Waals surface area (Å²) >= 11 is 0. The molecule has 2 aromatic heterocycles. The molecule has 168 valence electrons. The minimum atomic E-state index is -0.270. The minimum Gasteiger partial charge on any atom is -0.485 e. The first-order valence-corrected chi connectivity index (χ1v) is 11.5. The number of aromatic amines is 1. The summed E-state index contributed by atoms with van der Waals surface area (Å²) in [6.45, 7) is 0.398. The van der Waals surface area contributed by atoms with Gasteiger partial charge >= 0.3 is 0 Å². The van der Waals surface area contributed by atoms with E-state index in [0.717, 1.165) is 50.4 Å². The van der Waals surface area contributed by atoms with Gasteiger partial charge in [-0.05, 0) is 46.5 Å². The third kappa shape index (κ3) is 3.07. The fraction of sp³-hybridized carbons (Fsp3) is 0.0690. The number of amides is 1. The van der Waals surface area contributed by atoms with Gasteiger partial charge in [0.15, 0.2) is 0 Å². The van der Waals surface area contributed by atoms with E-state index < -0.39 is 0 Å². The van der Waals surface area contributed by atoms with Crippen LogP contribution in [0.1, 0.15) is 33.1 Å². The number of rotatable bonds is 3. The zero-order chi connectivity index (χ0) is 23.4. The zero-order valence-electron chi connectivity index (χ0n) is 18.7. The molecule has 0 radical (unpaired) electrons. The fourth-order valence-electron chi connectivity index (χ4n) is 5.15. The normalized spacial score (nSPS) is 15.5. The van der Waals surface area contributed by atoms with Crippen molar-refractivity contribution < 1.29 is 9.53 Å². The van der Waals surface area contributed by atoms with E-state index >= 15 is 0 Å². The van der Waals surface area contributed by atoms with Gasteiger partial charge in [-0.15, -0.1) is 0 Å². The fourth-order valence-corrected chi connectivity index (χ4v) is 5.15. The topological polar surface area (TPSA) is 79.4 Å². The molecule has 2 aliphatic rings. The molecule has 1 aliphatic heterocycles. The van der Waals surface area contributed by atoms with E-state index in [9.17, 15) is 4.79 Å². The van der Waals surface area contributed by atoms with Crippen LogP contribution in [-0.4, -0.2) is 28.2 Å². The number of carbonyl (C=O) groups is 1. The van der Waals surface area contributed by atoms with Gasteiger partial charge in [0.05, 0.1) is 17.3 Å². The lowest BCUT2D eigenvalue weighted by molar-refractivity contribution is 0.0945. The molecule has 0 spiro atoms. The highest BCUT2D eigenvalue weighted by Crippen LogP contribution is 2.46. The monoisotopic (exact) mass is 456 g/mol. The highest BCUT2D eigenvalue weighted by Gasteiger charge is 2.33. The molecule has 6 heteroatoms. The highest BCUT2D eigenvalue weighted by molar-refractivity contribution is 6.11. The van der Waals surface area contributed by atoms with E-state index in [4.69, 9.17) is 9.73 Å². The van der Waals surface area contributed by atoms with Gasteiger partial charge in [0, 0.05) is 23.3 Å². The van der Waals surface area contributed by atoms with Crippen molar-refractivity contribution >= 4 is 28.3 Å². The van der Waals surface area contributed by atoms with Gasteiger partial charge in [-0.25, -0.2) is 9.98 Å². The summed E-state index contributed by atoms with van der Waals surface area (Å²) < 4.78 is 6.01. The van der Waals surface area contributed by atoms with Crippen LogP contribution in [0.25, 0.3) is 22.2 Å². The molecule has 1 amide bonds. The summed E-state index contributed by atoms with van der Waals surface area (Å²) in [6.07, 6.45) is 3.45. The molecule has 1 aliphatic carbocycles. The Morgan fingerprint density at radius 3 is 2.71 bits per heavy atom. The number of hydrogen-bond donors (Lipinski definition) is 2. The second-order valence-electron chi connectivity index (χ2n) is 8.68. The first kappa shape index (κ1) is 19.7. The molecule has 0 fully saturated rings. The van der Waals surface area contributed by atoms with Gasteiger partial charge in [0.25, 0.3) is 5.91 Å². The number of nitrogens with zero attached hydrogens (tertiary/aromatic N) is 2. The van der Waals surface area contributed by atoms with Crippen molar-refractivity contribution in [1.29, 1.82) is 0 Å². The largest absolute Gasteiger partial charge is 0.485 e. The lowest BCUT2D eigenvalue weighted by Gasteiger charge is -2.20. The molecule has 5 aromatic rings. The number of benzene rings is 3. The Bertz CT molecular complexity index is 1670. The van der Waals surface area contributed by atoms with E-state index in [1.54, 1.807) is 18.5 Å². The summed E-state index contributed by atoms with van der Waals surface area (Å²) in [5.74, 6) is 0.658. The average Bonchev–Trinajstić information content (AvgIpc) is 3.51. The maximum atomic E-state index is 13.5. The van der Waals surface area contributed by atoms with Crippen molar-refractivity contribution in [2.24, 2.45) is 4.99 Å². The first-order valence-electron chi connectivity index (χ1n) is 11.5. The lowest BCUT2D eigenvalue weighted by Crippen LogP contribution is -2.28. The number of aromatic nitrogens is 2. The zero-order valence-corrected chi connectivity index (χ0v) is 18.7. The standard InChI is InChI=1S/C29H20N4O2/c34-29(20-13-15-31-28-19(20)12-14-30-28)33-27-18-7-2-1-6-17(18)26-21(8-5-9-22(26)27)24-16-35-25-11-4-3-10-23(25)32-24/h1-15,27H,16H2,(H,30,31)(H,33,34). The molecule has 3 heterocycles. The highest BCUT2D eigenvalue weighted by atomic mass is 16.5. The summed E-state index contributed by atoms with van der Waals surface area (Å²) in [4.78, 5) is 25.8. The van der Waals surface area contributed by atoms with E-state index in [-0.39, 0.29) is 11.9 Å². The molecule has 7 rings (SSSR count). The first-order chi connectivity index (χ1) is 17.3. The van der Waals surface area contributed by atoms with E-state index in [0.29, 0.717) is 17.8 Å². The molecule has 6 nitrogen and oxygen atoms in total. The van der Waals surface area contributed by atoms with Crippen LogP contribution in [0.4, 0.5) is 5.69 Å². The maximum Gasteiger partial charge on any atom is 0.252 e. The third-order valence-corrected chi connectivity index (χ3v) is 6.73. The number of ether oxygens (including phenoxy) is 1. The number of aliphatic imine (C=N–C) groups is 1. The Morgan fingerprint density at radius 1 is 0.914 bits per heavy atom. The Labute approximate surface area is 201 Å². The molecule has 0 saturated carbocycles. The summed E-state index contributed by atoms with van der Waals surface area (Å²) in [6, 6.07) is 25.6. The number of nitrogens with one attached hydrogen (secondary N) is 2. The number of H-pyrrole nitrogens is 1. The number of hydrogen-bond acceptors (Lipinski definition) is 4. The number of carbonyl (C=O) groups excluding carboxylic acids is 1. The van der Waals surface area contributed by atoms with Gasteiger partial charge in [0.1, 0.15) is 23.7 Å². The molecular formula is C29H20N4O2. The Balaban J connectivity index is 1.33. The Hall–Kier alpha value is -4.71. The van der Waals surface area contributed by atoms with E-state index in [1.807, 2.05) is 48.5 Å². The third-order valence-electron chi connectivity index (χ3n) is 6.73. The van der Waals surface area contributed by atoms with E-state index in [2.05, 4.69) is 39.6 Å². The predicted molar refractivity (Wildman–Crippen MR) is 135 cm³/mol. The van der Waals surface area contributed by atoms with Crippen LogP contribution < -0.4 is 10.1 Å². The van der Waals surface area contributed by atoms with Crippen LogP contribution in [0.5, 0.6) is 5.75 Å². The number of para-hydroxylation sites is 2. The summed E-state index contributed by atoms with van der Waals surface area (Å²) in [7, 11) is 0. The molecule has 35 heavy (non-hydrogen) atoms.